The van der Waals surface area contributed by atoms with Gasteiger partial charge in [-0.1, -0.05) is 0 Å². The lowest BCUT2D eigenvalue weighted by Gasteiger charge is -2.31. The highest BCUT2D eigenvalue weighted by molar-refractivity contribution is 5.81. The SMILES string of the molecule is CCOC(=O)/C=C/O[C@H]1CC[C@H]2O[C@H]3CCCO[C@@H]3CC[C@@H]2OC1CC=O. The predicted molar refractivity (Wildman–Crippen MR) is 96.1 cm³/mol. The number of ether oxygens (including phenoxy) is 5. The summed E-state index contributed by atoms with van der Waals surface area (Å²) in [6, 6.07) is 0. The summed E-state index contributed by atoms with van der Waals surface area (Å²) in [7, 11) is 0. The van der Waals surface area contributed by atoms with Gasteiger partial charge in [-0.25, -0.2) is 4.79 Å². The molecule has 0 aromatic carbocycles. The summed E-state index contributed by atoms with van der Waals surface area (Å²) in [6.07, 6.45) is 8.57. The van der Waals surface area contributed by atoms with Crippen molar-refractivity contribution < 1.29 is 33.3 Å². The average Bonchev–Trinajstić information content (AvgIpc) is 2.93. The van der Waals surface area contributed by atoms with Crippen LogP contribution in [-0.2, 0) is 33.3 Å². The van der Waals surface area contributed by atoms with E-state index in [9.17, 15) is 9.59 Å². The summed E-state index contributed by atoms with van der Waals surface area (Å²) >= 11 is 0. The number of fused-ring (bicyclic) bond motifs is 2. The fourth-order valence-electron chi connectivity index (χ4n) is 4.14. The normalized spacial score (nSPS) is 36.8. The van der Waals surface area contributed by atoms with E-state index in [-0.39, 0.29) is 43.0 Å². The van der Waals surface area contributed by atoms with Crippen LogP contribution < -0.4 is 0 Å². The molecule has 0 radical (unpaired) electrons. The fourth-order valence-corrected chi connectivity index (χ4v) is 4.14. The minimum atomic E-state index is -0.448. The van der Waals surface area contributed by atoms with Gasteiger partial charge in [0.25, 0.3) is 0 Å². The Morgan fingerprint density at radius 1 is 1.04 bits per heavy atom. The molecular weight excluding hydrogens is 352 g/mol. The number of hydrogen-bond donors (Lipinski definition) is 0. The van der Waals surface area contributed by atoms with Crippen LogP contribution in [-0.4, -0.2) is 62.1 Å². The quantitative estimate of drug-likeness (QED) is 0.302. The lowest BCUT2D eigenvalue weighted by molar-refractivity contribution is -0.149. The first-order chi connectivity index (χ1) is 13.2. The predicted octanol–water partition coefficient (Wildman–Crippen LogP) is 2.31. The van der Waals surface area contributed by atoms with E-state index < -0.39 is 5.97 Å². The maximum Gasteiger partial charge on any atom is 0.333 e. The lowest BCUT2D eigenvalue weighted by Crippen LogP contribution is -2.38. The Hall–Kier alpha value is -1.44. The van der Waals surface area contributed by atoms with Crippen molar-refractivity contribution in [2.24, 2.45) is 0 Å². The summed E-state index contributed by atoms with van der Waals surface area (Å²) < 4.78 is 29.1. The summed E-state index contributed by atoms with van der Waals surface area (Å²) in [5, 5.41) is 0. The monoisotopic (exact) mass is 382 g/mol. The molecule has 0 aliphatic carbocycles. The summed E-state index contributed by atoms with van der Waals surface area (Å²) in [5.74, 6) is -0.448. The van der Waals surface area contributed by atoms with E-state index in [0.29, 0.717) is 13.0 Å². The topological polar surface area (TPSA) is 80.3 Å². The zero-order chi connectivity index (χ0) is 19.1. The van der Waals surface area contributed by atoms with Gasteiger partial charge in [0.1, 0.15) is 18.5 Å². The largest absolute Gasteiger partial charge is 0.495 e. The van der Waals surface area contributed by atoms with Crippen molar-refractivity contribution in [1.82, 2.24) is 0 Å². The van der Waals surface area contributed by atoms with Crippen molar-refractivity contribution in [1.29, 1.82) is 0 Å². The van der Waals surface area contributed by atoms with Crippen molar-refractivity contribution in [2.45, 2.75) is 88.5 Å². The third-order valence-corrected chi connectivity index (χ3v) is 5.45. The molecule has 3 heterocycles. The van der Waals surface area contributed by atoms with Crippen molar-refractivity contribution in [2.75, 3.05) is 13.2 Å². The Kier molecular flexibility index (Phi) is 7.67. The molecule has 6 atom stereocenters. The number of aldehydes is 1. The molecule has 0 aromatic heterocycles. The van der Waals surface area contributed by atoms with E-state index in [4.69, 9.17) is 23.7 Å². The molecular formula is C20H30O7. The first kappa shape index (κ1) is 20.3. The van der Waals surface area contributed by atoms with Gasteiger partial charge < -0.3 is 28.5 Å². The smallest absolute Gasteiger partial charge is 0.333 e. The summed E-state index contributed by atoms with van der Waals surface area (Å²) in [6.45, 7) is 2.87. The van der Waals surface area contributed by atoms with Gasteiger partial charge in [0.15, 0.2) is 0 Å². The van der Waals surface area contributed by atoms with Gasteiger partial charge in [-0.3, -0.25) is 0 Å². The van der Waals surface area contributed by atoms with Crippen LogP contribution in [0.4, 0.5) is 0 Å². The third kappa shape index (κ3) is 5.53. The van der Waals surface area contributed by atoms with Crippen molar-refractivity contribution in [3.63, 3.8) is 0 Å². The van der Waals surface area contributed by atoms with Gasteiger partial charge in [0.2, 0.25) is 0 Å². The fraction of sp³-hybridized carbons (Fsp3) is 0.800. The Bertz CT molecular complexity index is 520. The molecule has 3 rings (SSSR count). The average molecular weight is 382 g/mol. The van der Waals surface area contributed by atoms with Crippen molar-refractivity contribution in [3.8, 4) is 0 Å². The molecule has 0 N–H and O–H groups in total. The molecule has 0 aromatic rings. The van der Waals surface area contributed by atoms with Gasteiger partial charge in [-0.2, -0.15) is 0 Å². The summed E-state index contributed by atoms with van der Waals surface area (Å²) in [5.41, 5.74) is 0. The highest BCUT2D eigenvalue weighted by Gasteiger charge is 2.41. The van der Waals surface area contributed by atoms with Crippen LogP contribution in [0.15, 0.2) is 12.3 Å². The molecule has 3 fully saturated rings. The minimum Gasteiger partial charge on any atom is -0.495 e. The van der Waals surface area contributed by atoms with Gasteiger partial charge in [0, 0.05) is 13.0 Å². The molecule has 7 heteroatoms. The van der Waals surface area contributed by atoms with E-state index in [1.54, 1.807) is 6.92 Å². The number of rotatable bonds is 6. The number of esters is 1. The Balaban J connectivity index is 1.63. The van der Waals surface area contributed by atoms with E-state index in [1.165, 1.54) is 12.3 Å². The second-order valence-corrected chi connectivity index (χ2v) is 7.26. The van der Waals surface area contributed by atoms with E-state index in [2.05, 4.69) is 0 Å². The molecule has 7 nitrogen and oxygen atoms in total. The van der Waals surface area contributed by atoms with Gasteiger partial charge in [0.05, 0.1) is 43.4 Å². The second kappa shape index (κ2) is 10.2. The van der Waals surface area contributed by atoms with E-state index in [0.717, 1.165) is 45.0 Å². The first-order valence-electron chi connectivity index (χ1n) is 10.1. The van der Waals surface area contributed by atoms with Gasteiger partial charge in [-0.15, -0.1) is 0 Å². The molecule has 3 saturated heterocycles. The second-order valence-electron chi connectivity index (χ2n) is 7.26. The van der Waals surface area contributed by atoms with Crippen LogP contribution in [0.2, 0.25) is 0 Å². The molecule has 3 aliphatic heterocycles. The first-order valence-corrected chi connectivity index (χ1v) is 10.1. The number of carbonyl (C=O) groups excluding carboxylic acids is 2. The van der Waals surface area contributed by atoms with Gasteiger partial charge in [-0.05, 0) is 45.4 Å². The summed E-state index contributed by atoms with van der Waals surface area (Å²) in [4.78, 5) is 22.6. The Morgan fingerprint density at radius 3 is 2.59 bits per heavy atom. The van der Waals surface area contributed by atoms with Crippen LogP contribution >= 0.6 is 0 Å². The maximum absolute atomic E-state index is 11.4. The minimum absolute atomic E-state index is 0.0153. The Morgan fingerprint density at radius 2 is 1.78 bits per heavy atom. The molecule has 0 amide bonds. The zero-order valence-corrected chi connectivity index (χ0v) is 15.9. The molecule has 152 valence electrons. The third-order valence-electron chi connectivity index (χ3n) is 5.45. The van der Waals surface area contributed by atoms with Crippen molar-refractivity contribution >= 4 is 12.3 Å². The number of hydrogen-bond acceptors (Lipinski definition) is 7. The van der Waals surface area contributed by atoms with E-state index >= 15 is 0 Å². The van der Waals surface area contributed by atoms with E-state index in [1.807, 2.05) is 0 Å². The van der Waals surface area contributed by atoms with Crippen LogP contribution in [0.1, 0.15) is 51.9 Å². The molecule has 3 aliphatic rings. The highest BCUT2D eigenvalue weighted by Crippen LogP contribution is 2.34. The van der Waals surface area contributed by atoms with Crippen LogP contribution in [0.5, 0.6) is 0 Å². The lowest BCUT2D eigenvalue weighted by atomic mass is 10.0. The standard InChI is InChI=1S/C20H30O7/c1-2-23-20(22)10-13-25-15-6-8-17-18(27-19(15)9-11-21)7-5-14-16(26-17)4-3-12-24-14/h10-11,13-19H,2-9,12H2,1H3/b13-10+/t14-,15+,16+,17-,18+,19?/m1/s1. The molecule has 1 unspecified atom stereocenters. The molecule has 27 heavy (non-hydrogen) atoms. The zero-order valence-electron chi connectivity index (χ0n) is 15.9. The van der Waals surface area contributed by atoms with Gasteiger partial charge >= 0.3 is 5.97 Å². The van der Waals surface area contributed by atoms with Crippen molar-refractivity contribution in [3.05, 3.63) is 12.3 Å². The molecule has 0 spiro atoms. The number of carbonyl (C=O) groups is 2. The Labute approximate surface area is 160 Å². The highest BCUT2D eigenvalue weighted by atomic mass is 16.6. The van der Waals surface area contributed by atoms with Crippen LogP contribution in [0.3, 0.4) is 0 Å². The van der Waals surface area contributed by atoms with Crippen LogP contribution in [0.25, 0.3) is 0 Å². The maximum atomic E-state index is 11.4. The molecule has 0 bridgehead atoms. The molecule has 0 saturated carbocycles. The van der Waals surface area contributed by atoms with Crippen LogP contribution in [0, 0.1) is 0 Å².